The van der Waals surface area contributed by atoms with E-state index in [1.165, 1.54) is 59.5 Å². The van der Waals surface area contributed by atoms with Crippen molar-refractivity contribution in [3.8, 4) is 56.4 Å². The van der Waals surface area contributed by atoms with Crippen LogP contribution in [0.1, 0.15) is 22.3 Å². The molecule has 2 heterocycles. The largest absolute Gasteiger partial charge is 0.208 e. The van der Waals surface area contributed by atoms with Crippen molar-refractivity contribution in [2.45, 2.75) is 15.2 Å². The average Bonchev–Trinajstić information content (AvgIpc) is 3.54. The number of nitrogens with zero attached hydrogens (tertiary/aromatic N) is 3. The van der Waals surface area contributed by atoms with E-state index in [-0.39, 0.29) is 0 Å². The Bertz CT molecular complexity index is 2860. The molecular weight excluding hydrogens is 675 g/mol. The maximum atomic E-state index is 5.30. The van der Waals surface area contributed by atoms with Crippen LogP contribution in [-0.2, 0) is 5.41 Å². The minimum atomic E-state index is -0.519. The molecule has 0 bridgehead atoms. The molecule has 0 radical (unpaired) electrons. The predicted molar refractivity (Wildman–Crippen MR) is 221 cm³/mol. The zero-order valence-electron chi connectivity index (χ0n) is 29.1. The van der Waals surface area contributed by atoms with Gasteiger partial charge in [-0.15, -0.1) is 0 Å². The SMILES string of the molecule is c1ccc(-c2ccc(-c3nc(-c4ccccc4)nc(-c4cccc5c4Sc4c(ccc6ccccc46)C54c5ccccc5-c5ccccc54)n3)cc2)cc1. The van der Waals surface area contributed by atoms with Crippen LogP contribution in [0.5, 0.6) is 0 Å². The van der Waals surface area contributed by atoms with Crippen LogP contribution in [-0.4, -0.2) is 15.0 Å². The minimum Gasteiger partial charge on any atom is -0.208 e. The van der Waals surface area contributed by atoms with E-state index in [0.717, 1.165) is 22.3 Å². The van der Waals surface area contributed by atoms with Gasteiger partial charge < -0.3 is 0 Å². The van der Waals surface area contributed by atoms with Gasteiger partial charge in [-0.1, -0.05) is 200 Å². The highest BCUT2D eigenvalue weighted by molar-refractivity contribution is 8.00. The topological polar surface area (TPSA) is 38.7 Å². The van der Waals surface area contributed by atoms with Gasteiger partial charge in [-0.05, 0) is 55.3 Å². The van der Waals surface area contributed by atoms with E-state index in [9.17, 15) is 0 Å². The zero-order chi connectivity index (χ0) is 35.6. The molecule has 1 aromatic heterocycles. The van der Waals surface area contributed by atoms with Crippen LogP contribution in [0.2, 0.25) is 0 Å². The van der Waals surface area contributed by atoms with E-state index in [0.29, 0.717) is 17.5 Å². The van der Waals surface area contributed by atoms with Gasteiger partial charge in [0, 0.05) is 26.5 Å². The molecule has 54 heavy (non-hydrogen) atoms. The number of rotatable bonds is 4. The van der Waals surface area contributed by atoms with Crippen LogP contribution in [0.3, 0.4) is 0 Å². The zero-order valence-corrected chi connectivity index (χ0v) is 30.0. The Morgan fingerprint density at radius 2 is 0.796 bits per heavy atom. The van der Waals surface area contributed by atoms with Crippen LogP contribution < -0.4 is 0 Å². The Kier molecular flexibility index (Phi) is 7.01. The highest BCUT2D eigenvalue weighted by Gasteiger charge is 2.51. The summed E-state index contributed by atoms with van der Waals surface area (Å²) in [6.07, 6.45) is 0. The van der Waals surface area contributed by atoms with Crippen LogP contribution in [0.25, 0.3) is 67.2 Å². The predicted octanol–water partition coefficient (Wildman–Crippen LogP) is 12.5. The number of aromatic nitrogens is 3. The Morgan fingerprint density at radius 3 is 1.50 bits per heavy atom. The van der Waals surface area contributed by atoms with Crippen LogP contribution in [0.4, 0.5) is 0 Å². The van der Waals surface area contributed by atoms with E-state index in [2.05, 4.69) is 164 Å². The minimum absolute atomic E-state index is 0.519. The molecule has 1 aliphatic heterocycles. The van der Waals surface area contributed by atoms with Crippen molar-refractivity contribution in [3.05, 3.63) is 210 Å². The first kappa shape index (κ1) is 31.0. The Labute approximate surface area is 318 Å². The first-order chi connectivity index (χ1) is 26.8. The summed E-state index contributed by atoms with van der Waals surface area (Å²) in [7, 11) is 0. The van der Waals surface area contributed by atoms with Crippen molar-refractivity contribution < 1.29 is 0 Å². The molecule has 0 saturated heterocycles. The number of hydrogen-bond donors (Lipinski definition) is 0. The average molecular weight is 706 g/mol. The van der Waals surface area contributed by atoms with Gasteiger partial charge in [0.25, 0.3) is 0 Å². The molecule has 0 N–H and O–H groups in total. The fourth-order valence-electron chi connectivity index (χ4n) is 8.61. The molecule has 1 spiro atoms. The molecule has 11 rings (SSSR count). The maximum Gasteiger partial charge on any atom is 0.165 e. The van der Waals surface area contributed by atoms with Crippen molar-refractivity contribution in [1.82, 2.24) is 15.0 Å². The molecule has 2 aliphatic rings. The summed E-state index contributed by atoms with van der Waals surface area (Å²) >= 11 is 1.85. The highest BCUT2D eigenvalue weighted by atomic mass is 32.2. The van der Waals surface area contributed by atoms with Gasteiger partial charge in [0.15, 0.2) is 17.5 Å². The van der Waals surface area contributed by atoms with E-state index >= 15 is 0 Å². The number of fused-ring (bicyclic) bond motifs is 11. The monoisotopic (exact) mass is 705 g/mol. The van der Waals surface area contributed by atoms with Crippen molar-refractivity contribution >= 4 is 22.5 Å². The van der Waals surface area contributed by atoms with Gasteiger partial charge in [-0.2, -0.15) is 0 Å². The highest BCUT2D eigenvalue weighted by Crippen LogP contribution is 2.64. The van der Waals surface area contributed by atoms with Gasteiger partial charge in [-0.3, -0.25) is 0 Å². The second-order valence-corrected chi connectivity index (χ2v) is 14.9. The van der Waals surface area contributed by atoms with Crippen LogP contribution >= 0.6 is 11.8 Å². The molecular formula is C50H31N3S. The lowest BCUT2D eigenvalue weighted by atomic mass is 9.66. The molecule has 0 atom stereocenters. The molecule has 0 unspecified atom stereocenters. The lowest BCUT2D eigenvalue weighted by molar-refractivity contribution is 0.726. The van der Waals surface area contributed by atoms with E-state index in [1.807, 2.05) is 36.0 Å². The molecule has 4 heteroatoms. The summed E-state index contributed by atoms with van der Waals surface area (Å²) in [5.74, 6) is 1.96. The molecule has 9 aromatic rings. The first-order valence-corrected chi connectivity index (χ1v) is 19.1. The normalized spacial score (nSPS) is 13.3. The maximum absolute atomic E-state index is 5.30. The third-order valence-corrected chi connectivity index (χ3v) is 12.3. The molecule has 0 fully saturated rings. The molecule has 0 amide bonds. The summed E-state index contributed by atoms with van der Waals surface area (Å²) in [4.78, 5) is 18.1. The second kappa shape index (κ2) is 12.2. The van der Waals surface area contributed by atoms with E-state index in [4.69, 9.17) is 15.0 Å². The van der Waals surface area contributed by atoms with Gasteiger partial charge in [-0.25, -0.2) is 15.0 Å². The lowest BCUT2D eigenvalue weighted by Gasteiger charge is -2.40. The van der Waals surface area contributed by atoms with Crippen molar-refractivity contribution in [2.24, 2.45) is 0 Å². The Hall–Kier alpha value is -6.62. The van der Waals surface area contributed by atoms with Crippen molar-refractivity contribution in [3.63, 3.8) is 0 Å². The van der Waals surface area contributed by atoms with Crippen LogP contribution in [0, 0.1) is 0 Å². The summed E-state index contributed by atoms with van der Waals surface area (Å²) in [5, 5.41) is 2.48. The third-order valence-electron chi connectivity index (χ3n) is 11.0. The van der Waals surface area contributed by atoms with Crippen molar-refractivity contribution in [1.29, 1.82) is 0 Å². The summed E-state index contributed by atoms with van der Waals surface area (Å²) in [6, 6.07) is 67.3. The lowest BCUT2D eigenvalue weighted by Crippen LogP contribution is -2.32. The van der Waals surface area contributed by atoms with E-state index < -0.39 is 5.41 Å². The van der Waals surface area contributed by atoms with E-state index in [1.54, 1.807) is 0 Å². The van der Waals surface area contributed by atoms with Gasteiger partial charge in [0.1, 0.15) is 0 Å². The third kappa shape index (κ3) is 4.60. The summed E-state index contributed by atoms with van der Waals surface area (Å²) in [5.41, 5.74) is 12.4. The fourth-order valence-corrected chi connectivity index (χ4v) is 10.0. The van der Waals surface area contributed by atoms with Gasteiger partial charge >= 0.3 is 0 Å². The quantitative estimate of drug-likeness (QED) is 0.183. The molecule has 252 valence electrons. The van der Waals surface area contributed by atoms with Gasteiger partial charge in [0.05, 0.1) is 5.41 Å². The number of hydrogen-bond acceptors (Lipinski definition) is 4. The van der Waals surface area contributed by atoms with Crippen molar-refractivity contribution in [2.75, 3.05) is 0 Å². The Balaban J connectivity index is 1.18. The van der Waals surface area contributed by atoms with Crippen LogP contribution in [0.15, 0.2) is 198 Å². The summed E-state index contributed by atoms with van der Waals surface area (Å²) < 4.78 is 0. The number of benzene rings is 8. The standard InChI is InChI=1S/C50H31N3S/c1-3-14-32(15-4-1)33-26-28-36(29-27-33)48-51-47(35-17-5-2-6-18-35)52-49(53-48)40-22-13-25-43-46(40)54-45-37-19-8-7-16-34(37)30-31-44(45)50(43)41-23-11-9-20-38(41)39-21-10-12-24-42(39)50/h1-31H. The first-order valence-electron chi connectivity index (χ1n) is 18.3. The second-order valence-electron chi connectivity index (χ2n) is 13.9. The summed E-state index contributed by atoms with van der Waals surface area (Å²) in [6.45, 7) is 0. The molecule has 1 aliphatic carbocycles. The fraction of sp³-hybridized carbons (Fsp3) is 0.0200. The molecule has 8 aromatic carbocycles. The Morgan fingerprint density at radius 1 is 0.315 bits per heavy atom. The molecule has 3 nitrogen and oxygen atoms in total. The molecule has 0 saturated carbocycles. The smallest absolute Gasteiger partial charge is 0.165 e. The van der Waals surface area contributed by atoms with Gasteiger partial charge in [0.2, 0.25) is 0 Å².